The number of rotatable bonds is 5. The molecule has 1 nitrogen and oxygen atoms in total. The first-order chi connectivity index (χ1) is 10.8. The van der Waals surface area contributed by atoms with E-state index in [0.717, 1.165) is 0 Å². The minimum atomic E-state index is -1.81. The van der Waals surface area contributed by atoms with Crippen molar-refractivity contribution in [1.82, 2.24) is 0 Å². The van der Waals surface area contributed by atoms with E-state index in [4.69, 9.17) is 0 Å². The summed E-state index contributed by atoms with van der Waals surface area (Å²) in [6.07, 6.45) is 0. The first-order valence-corrected chi connectivity index (χ1v) is 18.5. The molecule has 1 aromatic rings. The molecule has 1 N–H and O–H groups in total. The third-order valence-electron chi connectivity index (χ3n) is 5.36. The maximum Gasteiger partial charge on any atom is -0.147 e. The van der Waals surface area contributed by atoms with Crippen LogP contribution in [-0.4, -0.2) is 5.92 Å². The van der Waals surface area contributed by atoms with Crippen LogP contribution in [0.25, 0.3) is 0 Å². The first kappa shape index (κ1) is 25.2. The number of benzene rings is 1. The first-order valence-electron chi connectivity index (χ1n) is 8.87. The Kier molecular flexibility index (Phi) is 10.6. The summed E-state index contributed by atoms with van der Waals surface area (Å²) in [5, 5.41) is 0. The Morgan fingerprint density at radius 1 is 1.00 bits per heavy atom. The van der Waals surface area contributed by atoms with Gasteiger partial charge in [0.15, 0.2) is 0 Å². The molecule has 0 bridgehead atoms. The molecule has 0 fully saturated rings. The van der Waals surface area contributed by atoms with Crippen molar-refractivity contribution >= 4 is 36.4 Å². The van der Waals surface area contributed by atoms with Crippen molar-refractivity contribution in [2.45, 2.75) is 60.6 Å². The van der Waals surface area contributed by atoms with E-state index in [0.29, 0.717) is 11.8 Å². The number of halogens is 2. The molecule has 0 aromatic heterocycles. The number of allylic oxidation sites excluding steroid dienone is 4. The summed E-state index contributed by atoms with van der Waals surface area (Å²) in [5.41, 5.74) is 7.65. The van der Waals surface area contributed by atoms with Crippen molar-refractivity contribution in [2.24, 2.45) is 5.92 Å². The molecule has 1 aliphatic rings. The van der Waals surface area contributed by atoms with Crippen LogP contribution in [0.15, 0.2) is 44.3 Å². The molecule has 1 aliphatic carbocycles. The average Bonchev–Trinajstić information content (AvgIpc) is 2.69. The smallest absolute Gasteiger partial charge is 0.147 e. The fourth-order valence-electron chi connectivity index (χ4n) is 3.58. The second-order valence-electron chi connectivity index (χ2n) is 7.50. The van der Waals surface area contributed by atoms with E-state index in [1.807, 2.05) is 3.28 Å². The summed E-state index contributed by atoms with van der Waals surface area (Å²) in [7, 11) is 0. The number of nitrogens with one attached hydrogen (secondary N) is 1. The Morgan fingerprint density at radius 2 is 1.56 bits per heavy atom. The zero-order valence-electron chi connectivity index (χ0n) is 16.9. The van der Waals surface area contributed by atoms with Crippen LogP contribution >= 0.6 is 24.8 Å². The van der Waals surface area contributed by atoms with Gasteiger partial charge < -0.3 is 0 Å². The molecular weight excluding hydrogens is 444 g/mol. The van der Waals surface area contributed by atoms with Gasteiger partial charge in [0.1, 0.15) is 0 Å². The molecule has 0 spiro atoms. The van der Waals surface area contributed by atoms with Crippen molar-refractivity contribution in [2.75, 3.05) is 3.26 Å². The number of hydrogen-bond donors (Lipinski definition) is 1. The van der Waals surface area contributed by atoms with Gasteiger partial charge in [0.25, 0.3) is 0 Å². The SMILES string of the molecule is CC1=C(C)C(C)[C]([Zr]([NH]c2ccccc2C(C)C)[SiH](C)C)=C1C.Cl.Cl. The topological polar surface area (TPSA) is 12.0 Å². The van der Waals surface area contributed by atoms with E-state index in [9.17, 15) is 0 Å². The van der Waals surface area contributed by atoms with Crippen LogP contribution in [-0.2, 0) is 21.2 Å². The molecule has 0 saturated carbocycles. The van der Waals surface area contributed by atoms with E-state index in [-0.39, 0.29) is 24.8 Å². The quantitative estimate of drug-likeness (QED) is 0.457. The Labute approximate surface area is 176 Å². The fraction of sp³-hybridized carbons (Fsp3) is 0.500. The molecule has 1 atom stereocenters. The van der Waals surface area contributed by atoms with Gasteiger partial charge in [-0.3, -0.25) is 0 Å². The van der Waals surface area contributed by atoms with Crippen LogP contribution in [0, 0.1) is 5.92 Å². The van der Waals surface area contributed by atoms with Crippen molar-refractivity contribution in [3.8, 4) is 0 Å². The molecule has 0 heterocycles. The molecule has 1 unspecified atom stereocenters. The zero-order chi connectivity index (χ0) is 17.3. The minimum absolute atomic E-state index is 0. The van der Waals surface area contributed by atoms with E-state index in [2.05, 4.69) is 82.2 Å². The van der Waals surface area contributed by atoms with Gasteiger partial charge in [-0.15, -0.1) is 24.8 Å². The molecule has 1 aromatic carbocycles. The Balaban J connectivity index is 0.00000288. The molecule has 0 saturated heterocycles. The van der Waals surface area contributed by atoms with E-state index < -0.39 is 27.1 Å². The van der Waals surface area contributed by atoms with E-state index in [1.54, 1.807) is 16.7 Å². The predicted molar refractivity (Wildman–Crippen MR) is 118 cm³/mol. The maximum absolute atomic E-state index is 4.15. The van der Waals surface area contributed by atoms with Gasteiger partial charge in [-0.2, -0.15) is 0 Å². The monoisotopic (exact) mass is 476 g/mol. The van der Waals surface area contributed by atoms with Crippen molar-refractivity contribution < 1.29 is 21.2 Å². The third-order valence-corrected chi connectivity index (χ3v) is 22.5. The number of para-hydroxylation sites is 1. The summed E-state index contributed by atoms with van der Waals surface area (Å²) >= 11 is -1.81. The molecule has 2 rings (SSSR count). The second kappa shape index (κ2) is 10.5. The van der Waals surface area contributed by atoms with Crippen molar-refractivity contribution in [3.63, 3.8) is 0 Å². The Hall–Kier alpha value is 0.180. The third kappa shape index (κ3) is 5.34. The van der Waals surface area contributed by atoms with Crippen LogP contribution in [0.3, 0.4) is 0 Å². The summed E-state index contributed by atoms with van der Waals surface area (Å²) in [5.74, 6) is 0.552. The largest absolute Gasteiger partial charge is 0.147 e. The van der Waals surface area contributed by atoms with Gasteiger partial charge in [-0.05, 0) is 0 Å². The second-order valence-corrected chi connectivity index (χ2v) is 25.7. The van der Waals surface area contributed by atoms with Crippen LogP contribution in [0.1, 0.15) is 53.0 Å². The van der Waals surface area contributed by atoms with E-state index >= 15 is 0 Å². The van der Waals surface area contributed by atoms with Gasteiger partial charge in [-0.1, -0.05) is 0 Å². The normalized spacial score (nSPS) is 17.0. The van der Waals surface area contributed by atoms with Gasteiger partial charge in [0, 0.05) is 0 Å². The van der Waals surface area contributed by atoms with Gasteiger partial charge in [0.05, 0.1) is 0 Å². The van der Waals surface area contributed by atoms with Crippen molar-refractivity contribution in [1.29, 1.82) is 0 Å². The Bertz CT molecular complexity index is 653. The number of hydrogen-bond acceptors (Lipinski definition) is 1. The van der Waals surface area contributed by atoms with Crippen LogP contribution in [0.4, 0.5) is 5.69 Å². The minimum Gasteiger partial charge on any atom is -0.147 e. The molecule has 0 radical (unpaired) electrons. The summed E-state index contributed by atoms with van der Waals surface area (Å²) in [6.45, 7) is 19.2. The molecule has 0 aliphatic heterocycles. The van der Waals surface area contributed by atoms with E-state index in [1.165, 1.54) is 11.3 Å². The molecular formula is C20H34Cl2NSiZr. The average molecular weight is 479 g/mol. The van der Waals surface area contributed by atoms with Crippen LogP contribution in [0.2, 0.25) is 13.1 Å². The summed E-state index contributed by atoms with van der Waals surface area (Å²) < 4.78 is 5.98. The molecule has 5 heteroatoms. The van der Waals surface area contributed by atoms with Crippen LogP contribution < -0.4 is 3.26 Å². The molecule has 25 heavy (non-hydrogen) atoms. The Morgan fingerprint density at radius 3 is 2.00 bits per heavy atom. The predicted octanol–water partition coefficient (Wildman–Crippen LogP) is 6.84. The molecule has 0 amide bonds. The van der Waals surface area contributed by atoms with Crippen molar-refractivity contribution in [3.05, 3.63) is 49.8 Å². The van der Waals surface area contributed by atoms with Gasteiger partial charge in [-0.25, -0.2) is 0 Å². The number of anilines is 1. The van der Waals surface area contributed by atoms with Gasteiger partial charge >= 0.3 is 152 Å². The summed E-state index contributed by atoms with van der Waals surface area (Å²) in [4.78, 5) is 0. The fourth-order valence-corrected chi connectivity index (χ4v) is 19.6. The van der Waals surface area contributed by atoms with Crippen LogP contribution in [0.5, 0.6) is 0 Å². The van der Waals surface area contributed by atoms with Gasteiger partial charge in [0.2, 0.25) is 0 Å². The summed E-state index contributed by atoms with van der Waals surface area (Å²) in [6, 6.07) is 8.96. The standard InChI is InChI=1S/C9H12N.C9H13.C2H7Si.2ClH.Zr/c1-7(2)8-5-3-4-6-9(8)10;1-6-5-7(2)9(4)8(6)3;1-3-2;;;/h3-7,10H,1-2H3;6H,1-4H3;3H,1-2H3;2*1H;/q-1;;;;;+1. The zero-order valence-corrected chi connectivity index (χ0v) is 22.1. The maximum atomic E-state index is 4.15. The molecule has 141 valence electrons.